The summed E-state index contributed by atoms with van der Waals surface area (Å²) in [5.74, 6) is 2.28. The van der Waals surface area contributed by atoms with Gasteiger partial charge in [0.25, 0.3) is 0 Å². The molecule has 7 heteroatoms. The highest BCUT2D eigenvalue weighted by molar-refractivity contribution is 7.16. The Kier molecular flexibility index (Phi) is 4.23. The molecule has 25 heavy (non-hydrogen) atoms. The van der Waals surface area contributed by atoms with E-state index in [1.807, 2.05) is 43.5 Å². The lowest BCUT2D eigenvalue weighted by Gasteiger charge is -2.11. The molecule has 0 saturated heterocycles. The Bertz CT molecular complexity index is 1020. The van der Waals surface area contributed by atoms with Crippen LogP contribution in [0.2, 0.25) is 0 Å². The molecule has 1 aromatic carbocycles. The van der Waals surface area contributed by atoms with Gasteiger partial charge < -0.3 is 9.47 Å². The molecule has 0 aliphatic heterocycles. The van der Waals surface area contributed by atoms with Crippen LogP contribution in [0.1, 0.15) is 25.2 Å². The molecule has 0 aliphatic rings. The number of hydrogen-bond donors (Lipinski definition) is 0. The number of thiophene rings is 1. The van der Waals surface area contributed by atoms with Crippen LogP contribution in [-0.4, -0.2) is 32.8 Å². The lowest BCUT2D eigenvalue weighted by molar-refractivity contribution is 0.287. The van der Waals surface area contributed by atoms with Gasteiger partial charge in [-0.05, 0) is 43.0 Å². The van der Waals surface area contributed by atoms with Gasteiger partial charge >= 0.3 is 0 Å². The van der Waals surface area contributed by atoms with Crippen LogP contribution in [0.3, 0.4) is 0 Å². The van der Waals surface area contributed by atoms with E-state index in [0.29, 0.717) is 19.6 Å². The molecule has 0 atom stereocenters. The molecule has 0 bridgehead atoms. The van der Waals surface area contributed by atoms with E-state index in [4.69, 9.17) is 9.47 Å². The third-order valence-corrected chi connectivity index (χ3v) is 4.64. The smallest absolute Gasteiger partial charge is 0.167 e. The van der Waals surface area contributed by atoms with Crippen LogP contribution in [0.5, 0.6) is 11.5 Å². The topological polar surface area (TPSA) is 61.5 Å². The third-order valence-electron chi connectivity index (χ3n) is 3.82. The van der Waals surface area contributed by atoms with E-state index in [1.54, 1.807) is 22.2 Å². The fourth-order valence-corrected chi connectivity index (χ4v) is 3.50. The van der Waals surface area contributed by atoms with Crippen LogP contribution < -0.4 is 9.47 Å². The lowest BCUT2D eigenvalue weighted by Crippen LogP contribution is -2.00. The first kappa shape index (κ1) is 15.8. The van der Waals surface area contributed by atoms with Crippen molar-refractivity contribution in [2.24, 2.45) is 0 Å². The standard InChI is InChI=1S/C18H18N4O2S/c1-3-23-14-6-5-12(9-15(14)24-4-2)10-16-20-17-13-7-8-25-18(13)19-11-22(17)21-16/h5-9,11H,3-4,10H2,1-2H3. The quantitative estimate of drug-likeness (QED) is 0.528. The van der Waals surface area contributed by atoms with E-state index in [-0.39, 0.29) is 0 Å². The number of rotatable bonds is 6. The Balaban J connectivity index is 1.67. The zero-order valence-corrected chi connectivity index (χ0v) is 14.9. The average Bonchev–Trinajstić information content (AvgIpc) is 3.23. The van der Waals surface area contributed by atoms with Crippen LogP contribution in [0, 0.1) is 0 Å². The van der Waals surface area contributed by atoms with Gasteiger partial charge in [-0.1, -0.05) is 6.07 Å². The Morgan fingerprint density at radius 2 is 1.92 bits per heavy atom. The second-order valence-corrected chi connectivity index (χ2v) is 6.40. The number of aromatic nitrogens is 4. The van der Waals surface area contributed by atoms with Crippen molar-refractivity contribution in [3.63, 3.8) is 0 Å². The minimum atomic E-state index is 0.595. The summed E-state index contributed by atoms with van der Waals surface area (Å²) >= 11 is 1.61. The molecule has 0 N–H and O–H groups in total. The minimum Gasteiger partial charge on any atom is -0.490 e. The predicted molar refractivity (Wildman–Crippen MR) is 97.8 cm³/mol. The van der Waals surface area contributed by atoms with Crippen molar-refractivity contribution >= 4 is 27.2 Å². The van der Waals surface area contributed by atoms with E-state index < -0.39 is 0 Å². The summed E-state index contributed by atoms with van der Waals surface area (Å²) < 4.78 is 13.0. The molecule has 4 aromatic rings. The Hall–Kier alpha value is -2.67. The molecule has 0 aliphatic carbocycles. The second kappa shape index (κ2) is 6.68. The molecular formula is C18H18N4O2S. The van der Waals surface area contributed by atoms with Crippen molar-refractivity contribution in [2.75, 3.05) is 13.2 Å². The highest BCUT2D eigenvalue weighted by Gasteiger charge is 2.12. The van der Waals surface area contributed by atoms with Crippen molar-refractivity contribution < 1.29 is 9.47 Å². The second-order valence-electron chi connectivity index (χ2n) is 5.50. The van der Waals surface area contributed by atoms with Gasteiger partial charge in [0.1, 0.15) is 11.2 Å². The van der Waals surface area contributed by atoms with Crippen molar-refractivity contribution in [1.82, 2.24) is 19.6 Å². The van der Waals surface area contributed by atoms with Gasteiger partial charge in [-0.3, -0.25) is 0 Å². The molecule has 0 unspecified atom stereocenters. The maximum Gasteiger partial charge on any atom is 0.167 e. The Labute approximate surface area is 149 Å². The lowest BCUT2D eigenvalue weighted by atomic mass is 10.1. The number of nitrogens with zero attached hydrogens (tertiary/aromatic N) is 4. The van der Waals surface area contributed by atoms with Gasteiger partial charge in [-0.15, -0.1) is 16.4 Å². The number of hydrogen-bond acceptors (Lipinski definition) is 6. The fourth-order valence-electron chi connectivity index (χ4n) is 2.77. The molecule has 0 radical (unpaired) electrons. The molecule has 6 nitrogen and oxygen atoms in total. The van der Waals surface area contributed by atoms with E-state index in [2.05, 4.69) is 15.1 Å². The zero-order chi connectivity index (χ0) is 17.2. The van der Waals surface area contributed by atoms with E-state index in [1.165, 1.54) is 0 Å². The summed E-state index contributed by atoms with van der Waals surface area (Å²) in [6.45, 7) is 5.13. The first-order valence-corrected chi connectivity index (χ1v) is 9.12. The van der Waals surface area contributed by atoms with Crippen molar-refractivity contribution in [1.29, 1.82) is 0 Å². The summed E-state index contributed by atoms with van der Waals surface area (Å²) in [6.07, 6.45) is 2.34. The minimum absolute atomic E-state index is 0.595. The molecule has 0 fully saturated rings. The Morgan fingerprint density at radius 3 is 2.76 bits per heavy atom. The molecule has 128 valence electrons. The van der Waals surface area contributed by atoms with Gasteiger partial charge in [0.05, 0.1) is 18.6 Å². The Morgan fingerprint density at radius 1 is 1.08 bits per heavy atom. The monoisotopic (exact) mass is 354 g/mol. The molecule has 4 rings (SSSR count). The number of fused-ring (bicyclic) bond motifs is 3. The average molecular weight is 354 g/mol. The summed E-state index contributed by atoms with van der Waals surface area (Å²) in [5.41, 5.74) is 1.93. The summed E-state index contributed by atoms with van der Waals surface area (Å²) in [6, 6.07) is 8.00. The van der Waals surface area contributed by atoms with Crippen LogP contribution >= 0.6 is 11.3 Å². The molecular weight excluding hydrogens is 336 g/mol. The van der Waals surface area contributed by atoms with Crippen LogP contribution in [0.15, 0.2) is 36.0 Å². The van der Waals surface area contributed by atoms with E-state index >= 15 is 0 Å². The zero-order valence-electron chi connectivity index (χ0n) is 14.1. The highest BCUT2D eigenvalue weighted by Crippen LogP contribution is 2.29. The predicted octanol–water partition coefficient (Wildman–Crippen LogP) is 3.73. The molecule has 3 aromatic heterocycles. The van der Waals surface area contributed by atoms with Crippen LogP contribution in [0.25, 0.3) is 15.9 Å². The van der Waals surface area contributed by atoms with Crippen molar-refractivity contribution in [3.8, 4) is 11.5 Å². The molecule has 0 amide bonds. The van der Waals surface area contributed by atoms with Crippen LogP contribution in [-0.2, 0) is 6.42 Å². The third kappa shape index (κ3) is 3.02. The first-order valence-electron chi connectivity index (χ1n) is 8.24. The summed E-state index contributed by atoms with van der Waals surface area (Å²) in [7, 11) is 0. The SMILES string of the molecule is CCOc1ccc(Cc2nc3c4ccsc4ncn3n2)cc1OCC. The largest absolute Gasteiger partial charge is 0.490 e. The van der Waals surface area contributed by atoms with Gasteiger partial charge in [-0.25, -0.2) is 14.5 Å². The normalized spacial score (nSPS) is 11.3. The van der Waals surface area contributed by atoms with Crippen molar-refractivity contribution in [3.05, 3.63) is 47.4 Å². The summed E-state index contributed by atoms with van der Waals surface area (Å²) in [4.78, 5) is 10.1. The summed E-state index contributed by atoms with van der Waals surface area (Å²) in [5, 5.41) is 7.60. The molecule has 0 spiro atoms. The van der Waals surface area contributed by atoms with Gasteiger partial charge in [0, 0.05) is 6.42 Å². The van der Waals surface area contributed by atoms with Gasteiger partial charge in [0.2, 0.25) is 0 Å². The maximum absolute atomic E-state index is 5.69. The van der Waals surface area contributed by atoms with Crippen LogP contribution in [0.4, 0.5) is 0 Å². The van der Waals surface area contributed by atoms with Crippen molar-refractivity contribution in [2.45, 2.75) is 20.3 Å². The van der Waals surface area contributed by atoms with Gasteiger partial charge in [-0.2, -0.15) is 0 Å². The number of ether oxygens (including phenoxy) is 2. The molecule has 3 heterocycles. The van der Waals surface area contributed by atoms with E-state index in [0.717, 1.165) is 38.8 Å². The highest BCUT2D eigenvalue weighted by atomic mass is 32.1. The first-order chi connectivity index (χ1) is 12.3. The number of benzene rings is 1. The maximum atomic E-state index is 5.69. The van der Waals surface area contributed by atoms with E-state index in [9.17, 15) is 0 Å². The fraction of sp³-hybridized carbons (Fsp3) is 0.278. The van der Waals surface area contributed by atoms with Gasteiger partial charge in [0.15, 0.2) is 23.0 Å². The molecule has 0 saturated carbocycles.